The van der Waals surface area contributed by atoms with Crippen LogP contribution in [0.15, 0.2) is 0 Å². The summed E-state index contributed by atoms with van der Waals surface area (Å²) in [5.74, 6) is 0. The second kappa shape index (κ2) is 7.79. The van der Waals surface area contributed by atoms with Crippen molar-refractivity contribution >= 4 is 17.4 Å². The van der Waals surface area contributed by atoms with E-state index in [0.29, 0.717) is 5.17 Å². The van der Waals surface area contributed by atoms with Gasteiger partial charge in [-0.1, -0.05) is 20.3 Å². The molecule has 0 aromatic heterocycles. The van der Waals surface area contributed by atoms with Gasteiger partial charge in [-0.05, 0) is 25.1 Å². The number of hydrogen-bond donors (Lipinski definition) is 1. The van der Waals surface area contributed by atoms with Gasteiger partial charge < -0.3 is 10.1 Å². The minimum Gasteiger partial charge on any atom is -0.471 e. The van der Waals surface area contributed by atoms with E-state index in [2.05, 4.69) is 19.2 Å². The topological polar surface area (TPSA) is 21.3 Å². The molecule has 0 rings (SSSR count). The molecule has 0 aliphatic carbocycles. The Hall–Kier alpha value is -0.310. The molecule has 0 saturated carbocycles. The second-order valence-electron chi connectivity index (χ2n) is 2.42. The SMILES string of the molecule is CCCCOC(=S)NCCC. The predicted molar refractivity (Wildman–Crippen MR) is 51.8 cm³/mol. The first-order valence-corrected chi connectivity index (χ1v) is 4.62. The zero-order chi connectivity index (χ0) is 8.53. The van der Waals surface area contributed by atoms with Crippen molar-refractivity contribution in [3.05, 3.63) is 0 Å². The van der Waals surface area contributed by atoms with Crippen molar-refractivity contribution in [1.29, 1.82) is 0 Å². The summed E-state index contributed by atoms with van der Waals surface area (Å²) in [7, 11) is 0. The molecule has 1 N–H and O–H groups in total. The fourth-order valence-corrected chi connectivity index (χ4v) is 0.773. The third-order valence-electron chi connectivity index (χ3n) is 1.25. The van der Waals surface area contributed by atoms with Gasteiger partial charge in [0.25, 0.3) is 5.17 Å². The van der Waals surface area contributed by atoms with Gasteiger partial charge >= 0.3 is 0 Å². The van der Waals surface area contributed by atoms with E-state index in [1.54, 1.807) is 0 Å². The van der Waals surface area contributed by atoms with E-state index < -0.39 is 0 Å². The first kappa shape index (κ1) is 10.7. The molecule has 0 heterocycles. The molecule has 0 aliphatic heterocycles. The maximum absolute atomic E-state index is 5.20. The summed E-state index contributed by atoms with van der Waals surface area (Å²) in [4.78, 5) is 0. The molecule has 2 nitrogen and oxygen atoms in total. The standard InChI is InChI=1S/C8H17NOS/c1-3-5-7-10-8(11)9-6-4-2/h3-7H2,1-2H3,(H,9,11). The maximum atomic E-state index is 5.20. The highest BCUT2D eigenvalue weighted by Gasteiger charge is 1.92. The lowest BCUT2D eigenvalue weighted by molar-refractivity contribution is 0.291. The highest BCUT2D eigenvalue weighted by Crippen LogP contribution is 1.88. The van der Waals surface area contributed by atoms with Gasteiger partial charge in [-0.25, -0.2) is 0 Å². The van der Waals surface area contributed by atoms with Gasteiger partial charge in [0.05, 0.1) is 6.61 Å². The van der Waals surface area contributed by atoms with E-state index in [0.717, 1.165) is 32.4 Å². The van der Waals surface area contributed by atoms with Gasteiger partial charge in [-0.3, -0.25) is 0 Å². The molecule has 3 heteroatoms. The Morgan fingerprint density at radius 2 is 2.09 bits per heavy atom. The minimum absolute atomic E-state index is 0.542. The van der Waals surface area contributed by atoms with Crippen LogP contribution < -0.4 is 5.32 Å². The molecule has 0 radical (unpaired) electrons. The van der Waals surface area contributed by atoms with E-state index in [1.807, 2.05) is 0 Å². The van der Waals surface area contributed by atoms with Crippen LogP contribution in [0.25, 0.3) is 0 Å². The molecule has 0 amide bonds. The molecule has 0 unspecified atom stereocenters. The number of nitrogens with one attached hydrogen (secondary N) is 1. The van der Waals surface area contributed by atoms with Crippen molar-refractivity contribution in [1.82, 2.24) is 5.32 Å². The van der Waals surface area contributed by atoms with Gasteiger partial charge in [0.2, 0.25) is 0 Å². The van der Waals surface area contributed by atoms with E-state index >= 15 is 0 Å². The summed E-state index contributed by atoms with van der Waals surface area (Å²) in [5.41, 5.74) is 0. The lowest BCUT2D eigenvalue weighted by atomic mass is 10.4. The van der Waals surface area contributed by atoms with Gasteiger partial charge in [0.1, 0.15) is 0 Å². The quantitative estimate of drug-likeness (QED) is 0.510. The second-order valence-corrected chi connectivity index (χ2v) is 2.79. The number of ether oxygens (including phenoxy) is 1. The van der Waals surface area contributed by atoms with Crippen molar-refractivity contribution in [2.24, 2.45) is 0 Å². The van der Waals surface area contributed by atoms with Crippen LogP contribution in [-0.2, 0) is 4.74 Å². The Balaban J connectivity index is 3.09. The molecule has 11 heavy (non-hydrogen) atoms. The van der Waals surface area contributed by atoms with Gasteiger partial charge in [0, 0.05) is 6.54 Å². The van der Waals surface area contributed by atoms with E-state index in [4.69, 9.17) is 17.0 Å². The maximum Gasteiger partial charge on any atom is 0.256 e. The van der Waals surface area contributed by atoms with Gasteiger partial charge in [-0.15, -0.1) is 0 Å². The Labute approximate surface area is 74.3 Å². The molecule has 0 spiro atoms. The largest absolute Gasteiger partial charge is 0.471 e. The van der Waals surface area contributed by atoms with Crippen molar-refractivity contribution in [2.45, 2.75) is 33.1 Å². The summed E-state index contributed by atoms with van der Waals surface area (Å²) in [5, 5.41) is 3.54. The normalized spacial score (nSPS) is 9.27. The van der Waals surface area contributed by atoms with E-state index in [9.17, 15) is 0 Å². The summed E-state index contributed by atoms with van der Waals surface area (Å²) < 4.78 is 5.20. The number of rotatable bonds is 5. The van der Waals surface area contributed by atoms with Crippen LogP contribution in [-0.4, -0.2) is 18.3 Å². The first-order chi connectivity index (χ1) is 5.31. The Kier molecular flexibility index (Phi) is 7.57. The average molecular weight is 175 g/mol. The van der Waals surface area contributed by atoms with Crippen LogP contribution >= 0.6 is 12.2 Å². The molecule has 0 aliphatic rings. The third-order valence-corrected chi connectivity index (χ3v) is 1.51. The third kappa shape index (κ3) is 7.59. The molecular formula is C8H17NOS. The van der Waals surface area contributed by atoms with Crippen molar-refractivity contribution in [3.8, 4) is 0 Å². The Morgan fingerprint density at radius 1 is 1.36 bits per heavy atom. The summed E-state index contributed by atoms with van der Waals surface area (Å²) >= 11 is 4.90. The van der Waals surface area contributed by atoms with Crippen LogP contribution in [0.1, 0.15) is 33.1 Å². The molecule has 0 saturated heterocycles. The molecular weight excluding hydrogens is 158 g/mol. The van der Waals surface area contributed by atoms with E-state index in [1.165, 1.54) is 0 Å². The molecule has 0 atom stereocenters. The monoisotopic (exact) mass is 175 g/mol. The zero-order valence-corrected chi connectivity index (χ0v) is 8.17. The first-order valence-electron chi connectivity index (χ1n) is 4.21. The Morgan fingerprint density at radius 3 is 2.64 bits per heavy atom. The number of unbranched alkanes of at least 4 members (excludes halogenated alkanes) is 1. The summed E-state index contributed by atoms with van der Waals surface area (Å²) in [6, 6.07) is 0. The van der Waals surface area contributed by atoms with Crippen LogP contribution in [0.2, 0.25) is 0 Å². The summed E-state index contributed by atoms with van der Waals surface area (Å²) in [6.07, 6.45) is 3.31. The number of thiocarbonyl (C=S) groups is 1. The highest BCUT2D eigenvalue weighted by atomic mass is 32.1. The van der Waals surface area contributed by atoms with Crippen molar-refractivity contribution < 1.29 is 4.74 Å². The van der Waals surface area contributed by atoms with Crippen LogP contribution in [0.4, 0.5) is 0 Å². The molecule has 0 fully saturated rings. The van der Waals surface area contributed by atoms with Crippen LogP contribution in [0.3, 0.4) is 0 Å². The van der Waals surface area contributed by atoms with Crippen LogP contribution in [0, 0.1) is 0 Å². The van der Waals surface area contributed by atoms with E-state index in [-0.39, 0.29) is 0 Å². The minimum atomic E-state index is 0.542. The lowest BCUT2D eigenvalue weighted by Gasteiger charge is -2.07. The molecule has 0 bridgehead atoms. The fraction of sp³-hybridized carbons (Fsp3) is 0.875. The zero-order valence-electron chi connectivity index (χ0n) is 7.35. The van der Waals surface area contributed by atoms with Gasteiger partial charge in [0.15, 0.2) is 0 Å². The Bertz CT molecular complexity index is 106. The molecule has 66 valence electrons. The van der Waals surface area contributed by atoms with Crippen molar-refractivity contribution in [3.63, 3.8) is 0 Å². The average Bonchev–Trinajstić information content (AvgIpc) is 2.01. The van der Waals surface area contributed by atoms with Crippen molar-refractivity contribution in [2.75, 3.05) is 13.2 Å². The summed E-state index contributed by atoms with van der Waals surface area (Å²) in [6.45, 7) is 5.88. The fourth-order valence-electron chi connectivity index (χ4n) is 0.587. The smallest absolute Gasteiger partial charge is 0.256 e. The highest BCUT2D eigenvalue weighted by molar-refractivity contribution is 7.80. The number of hydrogen-bond acceptors (Lipinski definition) is 2. The van der Waals surface area contributed by atoms with Gasteiger partial charge in [-0.2, -0.15) is 0 Å². The molecule has 0 aromatic carbocycles. The predicted octanol–water partition coefficient (Wildman–Crippen LogP) is 2.09. The molecule has 0 aromatic rings. The van der Waals surface area contributed by atoms with Crippen LogP contribution in [0.5, 0.6) is 0 Å². The lowest BCUT2D eigenvalue weighted by Crippen LogP contribution is -2.24.